The number of anilines is 1. The maximum atomic E-state index is 12.4. The number of hydrogen-bond acceptors (Lipinski definition) is 6. The van der Waals surface area contributed by atoms with E-state index in [1.807, 2.05) is 0 Å². The fourth-order valence-corrected chi connectivity index (χ4v) is 3.53. The minimum Gasteiger partial charge on any atom is -0.462 e. The first kappa shape index (κ1) is 19.4. The molecule has 1 saturated carbocycles. The van der Waals surface area contributed by atoms with Gasteiger partial charge in [0.1, 0.15) is 15.5 Å². The Morgan fingerprint density at radius 1 is 1.20 bits per heavy atom. The zero-order chi connectivity index (χ0) is 18.8. The molecule has 25 heavy (non-hydrogen) atoms. The highest BCUT2D eigenvalue weighted by molar-refractivity contribution is 7.18. The Morgan fingerprint density at radius 3 is 2.32 bits per heavy atom. The van der Waals surface area contributed by atoms with Crippen molar-refractivity contribution in [2.45, 2.75) is 59.5 Å². The van der Waals surface area contributed by atoms with Crippen molar-refractivity contribution in [2.24, 2.45) is 5.92 Å². The van der Waals surface area contributed by atoms with Crippen molar-refractivity contribution in [3.05, 3.63) is 16.0 Å². The molecule has 0 spiro atoms. The fourth-order valence-electron chi connectivity index (χ4n) is 2.45. The van der Waals surface area contributed by atoms with Crippen LogP contribution in [0.25, 0.3) is 0 Å². The molecule has 0 unspecified atom stereocenters. The predicted octanol–water partition coefficient (Wildman–Crippen LogP) is 3.93. The Balaban J connectivity index is 2.34. The smallest absolute Gasteiger partial charge is 0.349 e. The van der Waals surface area contributed by atoms with Crippen molar-refractivity contribution in [1.29, 1.82) is 0 Å². The van der Waals surface area contributed by atoms with Crippen LogP contribution in [0.5, 0.6) is 0 Å². The summed E-state index contributed by atoms with van der Waals surface area (Å²) in [6.45, 7) is 8.92. The lowest BCUT2D eigenvalue weighted by atomic mass is 9.85. The summed E-state index contributed by atoms with van der Waals surface area (Å²) in [6.07, 6.45) is 2.74. The monoisotopic (exact) mass is 367 g/mol. The quantitative estimate of drug-likeness (QED) is 0.798. The number of thiophene rings is 1. The second-order valence-corrected chi connectivity index (χ2v) is 8.12. The van der Waals surface area contributed by atoms with Gasteiger partial charge in [-0.1, -0.05) is 6.42 Å². The standard InChI is InChI=1S/C18H25NO5S/c1-6-23-16(21)12-10(2)13(17(22)24-18(3,4)5)25-15(12)19-14(20)11-8-7-9-11/h11H,6-9H2,1-5H3,(H,19,20). The van der Waals surface area contributed by atoms with E-state index < -0.39 is 17.5 Å². The highest BCUT2D eigenvalue weighted by Crippen LogP contribution is 2.36. The molecule has 138 valence electrons. The summed E-state index contributed by atoms with van der Waals surface area (Å²) in [5, 5.41) is 3.16. The van der Waals surface area contributed by atoms with E-state index in [4.69, 9.17) is 9.47 Å². The summed E-state index contributed by atoms with van der Waals surface area (Å²) >= 11 is 1.06. The van der Waals surface area contributed by atoms with E-state index >= 15 is 0 Å². The molecule has 0 aromatic carbocycles. The Kier molecular flexibility index (Phi) is 5.87. The van der Waals surface area contributed by atoms with Crippen LogP contribution >= 0.6 is 11.3 Å². The summed E-state index contributed by atoms with van der Waals surface area (Å²) in [6, 6.07) is 0. The molecule has 1 amide bonds. The number of hydrogen-bond donors (Lipinski definition) is 1. The van der Waals surface area contributed by atoms with Crippen LogP contribution in [0.2, 0.25) is 0 Å². The van der Waals surface area contributed by atoms with Gasteiger partial charge in [-0.2, -0.15) is 0 Å². The molecule has 1 heterocycles. The number of ether oxygens (including phenoxy) is 2. The lowest BCUT2D eigenvalue weighted by molar-refractivity contribution is -0.122. The minimum atomic E-state index is -0.646. The summed E-state index contributed by atoms with van der Waals surface area (Å²) in [5.74, 6) is -1.20. The van der Waals surface area contributed by atoms with Crippen LogP contribution in [0, 0.1) is 12.8 Å². The fraction of sp³-hybridized carbons (Fsp3) is 0.611. The van der Waals surface area contributed by atoms with Crippen LogP contribution in [0.1, 0.15) is 72.6 Å². The van der Waals surface area contributed by atoms with Crippen LogP contribution in [-0.2, 0) is 14.3 Å². The Hall–Kier alpha value is -1.89. The molecule has 0 aliphatic heterocycles. The van der Waals surface area contributed by atoms with Crippen LogP contribution in [-0.4, -0.2) is 30.1 Å². The van der Waals surface area contributed by atoms with Gasteiger partial charge in [0, 0.05) is 5.92 Å². The molecule has 0 saturated heterocycles. The van der Waals surface area contributed by atoms with E-state index in [-0.39, 0.29) is 24.0 Å². The average Bonchev–Trinajstić information content (AvgIpc) is 2.71. The molecule has 1 aromatic heterocycles. The van der Waals surface area contributed by atoms with Crippen LogP contribution in [0.4, 0.5) is 5.00 Å². The van der Waals surface area contributed by atoms with Gasteiger partial charge >= 0.3 is 11.9 Å². The van der Waals surface area contributed by atoms with E-state index in [1.54, 1.807) is 34.6 Å². The number of carbonyl (C=O) groups is 3. The third-order valence-electron chi connectivity index (χ3n) is 3.92. The molecular weight excluding hydrogens is 342 g/mol. The van der Waals surface area contributed by atoms with E-state index in [1.165, 1.54) is 0 Å². The Bertz CT molecular complexity index is 682. The molecule has 2 rings (SSSR count). The summed E-state index contributed by atoms with van der Waals surface area (Å²) in [4.78, 5) is 37.3. The largest absolute Gasteiger partial charge is 0.462 e. The van der Waals surface area contributed by atoms with Crippen molar-refractivity contribution in [2.75, 3.05) is 11.9 Å². The second kappa shape index (κ2) is 7.56. The van der Waals surface area contributed by atoms with Crippen molar-refractivity contribution < 1.29 is 23.9 Å². The summed E-state index contributed by atoms with van der Waals surface area (Å²) < 4.78 is 10.5. The molecule has 1 aromatic rings. The van der Waals surface area contributed by atoms with Gasteiger partial charge in [-0.3, -0.25) is 4.79 Å². The number of rotatable bonds is 5. The topological polar surface area (TPSA) is 81.7 Å². The molecule has 6 nitrogen and oxygen atoms in total. The Morgan fingerprint density at radius 2 is 1.84 bits per heavy atom. The number of esters is 2. The van der Waals surface area contributed by atoms with Crippen molar-refractivity contribution in [3.63, 3.8) is 0 Å². The zero-order valence-corrected chi connectivity index (χ0v) is 16.2. The number of carbonyl (C=O) groups excluding carboxylic acids is 3. The van der Waals surface area contributed by atoms with Crippen molar-refractivity contribution >= 4 is 34.2 Å². The molecule has 1 aliphatic rings. The maximum absolute atomic E-state index is 12.4. The van der Waals surface area contributed by atoms with Gasteiger partial charge in [0.25, 0.3) is 0 Å². The van der Waals surface area contributed by atoms with Gasteiger partial charge in [-0.25, -0.2) is 9.59 Å². The molecule has 7 heteroatoms. The van der Waals surface area contributed by atoms with E-state index in [2.05, 4.69) is 5.32 Å². The van der Waals surface area contributed by atoms with Crippen molar-refractivity contribution in [3.8, 4) is 0 Å². The number of nitrogens with one attached hydrogen (secondary N) is 1. The van der Waals surface area contributed by atoms with E-state index in [0.717, 1.165) is 30.6 Å². The third-order valence-corrected chi connectivity index (χ3v) is 5.11. The number of amides is 1. The summed E-state index contributed by atoms with van der Waals surface area (Å²) in [7, 11) is 0. The molecule has 1 fully saturated rings. The van der Waals surface area contributed by atoms with Crippen molar-refractivity contribution in [1.82, 2.24) is 0 Å². The molecule has 0 bridgehead atoms. The zero-order valence-electron chi connectivity index (χ0n) is 15.4. The molecule has 1 aliphatic carbocycles. The second-order valence-electron chi connectivity index (χ2n) is 7.10. The maximum Gasteiger partial charge on any atom is 0.349 e. The summed E-state index contributed by atoms with van der Waals surface area (Å²) in [5.41, 5.74) is 0.0643. The third kappa shape index (κ3) is 4.60. The first-order chi connectivity index (χ1) is 11.6. The van der Waals surface area contributed by atoms with Gasteiger partial charge in [0.05, 0.1) is 12.2 Å². The van der Waals surface area contributed by atoms with Crippen LogP contribution < -0.4 is 5.32 Å². The highest BCUT2D eigenvalue weighted by Gasteiger charge is 2.31. The molecule has 0 radical (unpaired) electrons. The van der Waals surface area contributed by atoms with Gasteiger partial charge in [-0.05, 0) is 53.0 Å². The lowest BCUT2D eigenvalue weighted by Crippen LogP contribution is -2.28. The average molecular weight is 367 g/mol. The highest BCUT2D eigenvalue weighted by atomic mass is 32.1. The normalized spacial score (nSPS) is 14.6. The molecular formula is C18H25NO5S. The molecule has 1 N–H and O–H groups in total. The first-order valence-electron chi connectivity index (χ1n) is 8.48. The van der Waals surface area contributed by atoms with Crippen LogP contribution in [0.15, 0.2) is 0 Å². The Labute approximate surface area is 151 Å². The van der Waals surface area contributed by atoms with Gasteiger partial charge in [-0.15, -0.1) is 11.3 Å². The predicted molar refractivity (Wildman–Crippen MR) is 96.2 cm³/mol. The van der Waals surface area contributed by atoms with Gasteiger partial charge in [0.2, 0.25) is 5.91 Å². The molecule has 0 atom stereocenters. The van der Waals surface area contributed by atoms with E-state index in [9.17, 15) is 14.4 Å². The van der Waals surface area contributed by atoms with Crippen LogP contribution in [0.3, 0.4) is 0 Å². The lowest BCUT2D eigenvalue weighted by Gasteiger charge is -2.23. The minimum absolute atomic E-state index is 0.0255. The SMILES string of the molecule is CCOC(=O)c1c(NC(=O)C2CCC2)sc(C(=O)OC(C)(C)C)c1C. The van der Waals surface area contributed by atoms with Gasteiger partial charge < -0.3 is 14.8 Å². The van der Waals surface area contributed by atoms with E-state index in [0.29, 0.717) is 15.4 Å². The first-order valence-corrected chi connectivity index (χ1v) is 9.30. The van der Waals surface area contributed by atoms with Gasteiger partial charge in [0.15, 0.2) is 0 Å².